The van der Waals surface area contributed by atoms with E-state index in [-0.39, 0.29) is 5.91 Å². The van der Waals surface area contributed by atoms with Crippen LogP contribution < -0.4 is 10.6 Å². The number of rotatable bonds is 4. The second-order valence-corrected chi connectivity index (χ2v) is 4.90. The maximum absolute atomic E-state index is 12.1. The molecule has 2 N–H and O–H groups in total. The van der Waals surface area contributed by atoms with E-state index in [1.54, 1.807) is 0 Å². The first-order chi connectivity index (χ1) is 10.3. The van der Waals surface area contributed by atoms with Gasteiger partial charge in [-0.25, -0.2) is 0 Å². The average Bonchev–Trinajstić information content (AvgIpc) is 3.02. The van der Waals surface area contributed by atoms with Gasteiger partial charge in [0.15, 0.2) is 0 Å². The molecule has 0 unspecified atom stereocenters. The second kappa shape index (κ2) is 6.47. The summed E-state index contributed by atoms with van der Waals surface area (Å²) in [5, 5.41) is 13.7. The molecule has 0 spiro atoms. The molecule has 7 nitrogen and oxygen atoms in total. The number of anilines is 1. The Hall–Kier alpha value is -2.25. The van der Waals surface area contributed by atoms with Crippen LogP contribution in [-0.4, -0.2) is 53.7 Å². The van der Waals surface area contributed by atoms with Crippen LogP contribution in [0.15, 0.2) is 35.1 Å². The molecule has 0 saturated carbocycles. The van der Waals surface area contributed by atoms with Gasteiger partial charge < -0.3 is 15.1 Å². The van der Waals surface area contributed by atoms with E-state index < -0.39 is 0 Å². The number of carbonyl (C=O) groups is 1. The molecular formula is C14H17N5O2. The minimum absolute atomic E-state index is 0.0143. The van der Waals surface area contributed by atoms with Crippen molar-refractivity contribution >= 4 is 11.6 Å². The van der Waals surface area contributed by atoms with Crippen molar-refractivity contribution in [1.82, 2.24) is 20.4 Å². The van der Waals surface area contributed by atoms with E-state index in [0.29, 0.717) is 12.4 Å². The Bertz CT molecular complexity index is 593. The summed E-state index contributed by atoms with van der Waals surface area (Å²) < 4.78 is 5.15. The molecule has 2 aromatic rings. The van der Waals surface area contributed by atoms with Crippen molar-refractivity contribution in [3.05, 3.63) is 30.7 Å². The Morgan fingerprint density at radius 2 is 2.24 bits per heavy atom. The first-order valence-corrected chi connectivity index (χ1v) is 6.91. The fraction of sp³-hybridized carbons (Fsp3) is 0.357. The Morgan fingerprint density at radius 1 is 1.38 bits per heavy atom. The maximum atomic E-state index is 12.1. The van der Waals surface area contributed by atoms with E-state index in [9.17, 15) is 4.79 Å². The minimum atomic E-state index is -0.0143. The lowest BCUT2D eigenvalue weighted by Crippen LogP contribution is -2.46. The molecule has 1 aromatic heterocycles. The average molecular weight is 287 g/mol. The molecule has 2 heterocycles. The summed E-state index contributed by atoms with van der Waals surface area (Å²) in [4.78, 5) is 14.2. The van der Waals surface area contributed by atoms with Crippen LogP contribution >= 0.6 is 0 Å². The van der Waals surface area contributed by atoms with E-state index in [1.165, 1.54) is 6.39 Å². The number of nitrogens with zero attached hydrogens (tertiary/aromatic N) is 3. The highest BCUT2D eigenvalue weighted by atomic mass is 16.4. The summed E-state index contributed by atoms with van der Waals surface area (Å²) in [6, 6.07) is 7.37. The lowest BCUT2D eigenvalue weighted by Gasteiger charge is -2.26. The standard InChI is InChI=1S/C14H17N5O2/c20-13(9-19-6-4-15-5-7-19)17-12-3-1-2-11(8-12)14-18-16-10-21-14/h1-3,8,10,15H,4-7,9H2,(H,17,20). The molecule has 1 aliphatic rings. The van der Waals surface area contributed by atoms with Gasteiger partial charge in [-0.3, -0.25) is 9.69 Å². The Labute approximate surface area is 122 Å². The number of aromatic nitrogens is 2. The highest BCUT2D eigenvalue weighted by molar-refractivity contribution is 5.92. The number of amides is 1. The fourth-order valence-electron chi connectivity index (χ4n) is 2.30. The third kappa shape index (κ3) is 3.65. The lowest BCUT2D eigenvalue weighted by molar-refractivity contribution is -0.117. The molecule has 0 aliphatic carbocycles. The molecule has 1 saturated heterocycles. The monoisotopic (exact) mass is 287 g/mol. The van der Waals surface area contributed by atoms with Crippen LogP contribution in [0.2, 0.25) is 0 Å². The molecule has 1 aromatic carbocycles. The van der Waals surface area contributed by atoms with Gasteiger partial charge in [0.1, 0.15) is 0 Å². The van der Waals surface area contributed by atoms with E-state index >= 15 is 0 Å². The SMILES string of the molecule is O=C(CN1CCNCC1)Nc1cccc(-c2nnco2)c1. The summed E-state index contributed by atoms with van der Waals surface area (Å²) in [7, 11) is 0. The third-order valence-electron chi connectivity index (χ3n) is 3.33. The van der Waals surface area contributed by atoms with Gasteiger partial charge in [-0.2, -0.15) is 0 Å². The van der Waals surface area contributed by atoms with Gasteiger partial charge in [0, 0.05) is 37.4 Å². The van der Waals surface area contributed by atoms with Crippen LogP contribution in [0.5, 0.6) is 0 Å². The van der Waals surface area contributed by atoms with Crippen molar-refractivity contribution in [1.29, 1.82) is 0 Å². The van der Waals surface area contributed by atoms with Gasteiger partial charge in [0.05, 0.1) is 6.54 Å². The van der Waals surface area contributed by atoms with Crippen molar-refractivity contribution in [2.24, 2.45) is 0 Å². The quantitative estimate of drug-likeness (QED) is 0.856. The first kappa shape index (κ1) is 13.7. The molecule has 0 radical (unpaired) electrons. The van der Waals surface area contributed by atoms with Crippen LogP contribution in [0.25, 0.3) is 11.5 Å². The van der Waals surface area contributed by atoms with Crippen molar-refractivity contribution < 1.29 is 9.21 Å². The van der Waals surface area contributed by atoms with Gasteiger partial charge in [-0.15, -0.1) is 10.2 Å². The smallest absolute Gasteiger partial charge is 0.247 e. The molecule has 3 rings (SSSR count). The molecule has 110 valence electrons. The molecule has 1 fully saturated rings. The van der Waals surface area contributed by atoms with Crippen molar-refractivity contribution in [2.45, 2.75) is 0 Å². The summed E-state index contributed by atoms with van der Waals surface area (Å²) >= 11 is 0. The van der Waals surface area contributed by atoms with E-state index in [4.69, 9.17) is 4.42 Å². The van der Waals surface area contributed by atoms with Crippen LogP contribution in [0.1, 0.15) is 0 Å². The largest absolute Gasteiger partial charge is 0.423 e. The Morgan fingerprint density at radius 3 is 3.00 bits per heavy atom. The zero-order valence-electron chi connectivity index (χ0n) is 11.6. The molecule has 0 atom stereocenters. The summed E-state index contributed by atoms with van der Waals surface area (Å²) in [5.74, 6) is 0.424. The zero-order valence-corrected chi connectivity index (χ0v) is 11.6. The topological polar surface area (TPSA) is 83.3 Å². The zero-order chi connectivity index (χ0) is 14.5. The number of hydrogen-bond acceptors (Lipinski definition) is 6. The number of carbonyl (C=O) groups excluding carboxylic acids is 1. The van der Waals surface area contributed by atoms with E-state index in [1.807, 2.05) is 24.3 Å². The predicted octanol–water partition coefficient (Wildman–Crippen LogP) is 0.580. The second-order valence-electron chi connectivity index (χ2n) is 4.90. The third-order valence-corrected chi connectivity index (χ3v) is 3.33. The number of hydrogen-bond donors (Lipinski definition) is 2. The number of piperazine rings is 1. The predicted molar refractivity (Wildman–Crippen MR) is 77.7 cm³/mol. The minimum Gasteiger partial charge on any atom is -0.423 e. The van der Waals surface area contributed by atoms with E-state index in [2.05, 4.69) is 25.7 Å². The molecule has 0 bridgehead atoms. The summed E-state index contributed by atoms with van der Waals surface area (Å²) in [6.07, 6.45) is 1.28. The lowest BCUT2D eigenvalue weighted by atomic mass is 10.2. The number of nitrogens with one attached hydrogen (secondary N) is 2. The van der Waals surface area contributed by atoms with Crippen molar-refractivity contribution in [2.75, 3.05) is 38.0 Å². The molecule has 1 amide bonds. The van der Waals surface area contributed by atoms with Gasteiger partial charge in [-0.05, 0) is 18.2 Å². The van der Waals surface area contributed by atoms with E-state index in [0.717, 1.165) is 37.4 Å². The van der Waals surface area contributed by atoms with Crippen LogP contribution in [-0.2, 0) is 4.79 Å². The summed E-state index contributed by atoms with van der Waals surface area (Å²) in [5.41, 5.74) is 1.51. The maximum Gasteiger partial charge on any atom is 0.247 e. The van der Waals surface area contributed by atoms with Crippen LogP contribution in [0.4, 0.5) is 5.69 Å². The van der Waals surface area contributed by atoms with Crippen LogP contribution in [0, 0.1) is 0 Å². The van der Waals surface area contributed by atoms with Crippen LogP contribution in [0.3, 0.4) is 0 Å². The number of benzene rings is 1. The summed E-state index contributed by atoms with van der Waals surface area (Å²) in [6.45, 7) is 4.07. The molecule has 1 aliphatic heterocycles. The first-order valence-electron chi connectivity index (χ1n) is 6.91. The molecular weight excluding hydrogens is 270 g/mol. The van der Waals surface area contributed by atoms with Crippen molar-refractivity contribution in [3.8, 4) is 11.5 Å². The van der Waals surface area contributed by atoms with Crippen molar-refractivity contribution in [3.63, 3.8) is 0 Å². The van der Waals surface area contributed by atoms with Gasteiger partial charge >= 0.3 is 0 Å². The highest BCUT2D eigenvalue weighted by Crippen LogP contribution is 2.20. The normalized spacial score (nSPS) is 15.8. The molecule has 7 heteroatoms. The highest BCUT2D eigenvalue weighted by Gasteiger charge is 2.14. The van der Waals surface area contributed by atoms with Gasteiger partial charge in [-0.1, -0.05) is 6.07 Å². The Balaban J connectivity index is 1.62. The molecule has 21 heavy (non-hydrogen) atoms. The fourth-order valence-corrected chi connectivity index (χ4v) is 2.30. The van der Waals surface area contributed by atoms with Gasteiger partial charge in [0.2, 0.25) is 18.2 Å². The van der Waals surface area contributed by atoms with Gasteiger partial charge in [0.25, 0.3) is 0 Å². The Kier molecular flexibility index (Phi) is 4.23.